The third-order valence-electron chi connectivity index (χ3n) is 4.01. The molecule has 1 aliphatic carbocycles. The Balaban J connectivity index is 1.97. The summed E-state index contributed by atoms with van der Waals surface area (Å²) in [5.74, 6) is 0.289. The second-order valence-corrected chi connectivity index (χ2v) is 5.20. The number of nitrogens with zero attached hydrogens (tertiary/aromatic N) is 4. The zero-order valence-electron chi connectivity index (χ0n) is 11.5. The van der Waals surface area contributed by atoms with Crippen LogP contribution in [0, 0.1) is 10.1 Å². The molecule has 1 saturated carbocycles. The van der Waals surface area contributed by atoms with E-state index in [4.69, 9.17) is 0 Å². The molecule has 1 fully saturated rings. The minimum absolute atomic E-state index is 0.123. The number of nitro groups is 1. The quantitative estimate of drug-likeness (QED) is 0.629. The van der Waals surface area contributed by atoms with Crippen molar-refractivity contribution in [2.24, 2.45) is 0 Å². The number of carbonyl (C=O) groups excluding carboxylic acids is 1. The van der Waals surface area contributed by atoms with Gasteiger partial charge in [0.1, 0.15) is 5.78 Å². The van der Waals surface area contributed by atoms with Crippen LogP contribution in [0.3, 0.4) is 0 Å². The van der Waals surface area contributed by atoms with E-state index in [1.807, 2.05) is 11.9 Å². The lowest BCUT2D eigenvalue weighted by Gasteiger charge is -2.32. The lowest BCUT2D eigenvalue weighted by Crippen LogP contribution is -2.35. The van der Waals surface area contributed by atoms with Gasteiger partial charge in [0.25, 0.3) is 0 Å². The van der Waals surface area contributed by atoms with E-state index in [0.29, 0.717) is 18.4 Å². The van der Waals surface area contributed by atoms with Gasteiger partial charge in [-0.25, -0.2) is 4.63 Å². The van der Waals surface area contributed by atoms with Gasteiger partial charge in [0.2, 0.25) is 5.52 Å². The molecule has 0 radical (unpaired) electrons. The molecule has 0 saturated heterocycles. The highest BCUT2D eigenvalue weighted by Gasteiger charge is 2.26. The van der Waals surface area contributed by atoms with Crippen molar-refractivity contribution >= 4 is 28.2 Å². The maximum atomic E-state index is 11.3. The Hall–Kier alpha value is -2.51. The van der Waals surface area contributed by atoms with Gasteiger partial charge in [0.15, 0.2) is 5.52 Å². The molecule has 1 aromatic heterocycles. The zero-order valence-corrected chi connectivity index (χ0v) is 11.5. The van der Waals surface area contributed by atoms with Gasteiger partial charge in [-0.2, -0.15) is 0 Å². The molecule has 3 rings (SSSR count). The molecule has 1 aromatic carbocycles. The molecule has 21 heavy (non-hydrogen) atoms. The van der Waals surface area contributed by atoms with Gasteiger partial charge in [-0.3, -0.25) is 14.9 Å². The van der Waals surface area contributed by atoms with Crippen LogP contribution >= 0.6 is 0 Å². The summed E-state index contributed by atoms with van der Waals surface area (Å²) in [7, 11) is 1.90. The highest BCUT2D eigenvalue weighted by Crippen LogP contribution is 2.33. The van der Waals surface area contributed by atoms with Gasteiger partial charge in [-0.15, -0.1) is 0 Å². The van der Waals surface area contributed by atoms with Crippen LogP contribution in [-0.4, -0.2) is 34.1 Å². The van der Waals surface area contributed by atoms with Crippen molar-refractivity contribution in [3.63, 3.8) is 0 Å². The summed E-state index contributed by atoms with van der Waals surface area (Å²) in [6.45, 7) is 0. The van der Waals surface area contributed by atoms with E-state index in [2.05, 4.69) is 14.9 Å². The molecule has 0 aliphatic heterocycles. The van der Waals surface area contributed by atoms with Crippen LogP contribution in [0.1, 0.15) is 25.7 Å². The monoisotopic (exact) mass is 290 g/mol. The van der Waals surface area contributed by atoms with Gasteiger partial charge >= 0.3 is 5.69 Å². The molecule has 2 aromatic rings. The summed E-state index contributed by atoms with van der Waals surface area (Å²) >= 11 is 0. The molecule has 0 N–H and O–H groups in total. The molecule has 8 nitrogen and oxygen atoms in total. The van der Waals surface area contributed by atoms with Crippen LogP contribution in [0.25, 0.3) is 11.0 Å². The number of Topliss-reactive ketones (excluding diaryl/α,β-unsaturated/α-hetero) is 1. The fourth-order valence-electron chi connectivity index (χ4n) is 2.78. The minimum atomic E-state index is -0.504. The van der Waals surface area contributed by atoms with E-state index in [9.17, 15) is 14.9 Å². The predicted octanol–water partition coefficient (Wildman–Crippen LogP) is 2.08. The lowest BCUT2D eigenvalue weighted by molar-refractivity contribution is -0.383. The van der Waals surface area contributed by atoms with Crippen molar-refractivity contribution in [3.8, 4) is 0 Å². The first-order chi connectivity index (χ1) is 10.1. The molecule has 0 spiro atoms. The summed E-state index contributed by atoms with van der Waals surface area (Å²) < 4.78 is 4.67. The summed E-state index contributed by atoms with van der Waals surface area (Å²) in [5, 5.41) is 18.4. The molecule has 0 unspecified atom stereocenters. The number of rotatable bonds is 3. The molecule has 1 aliphatic rings. The van der Waals surface area contributed by atoms with Crippen LogP contribution in [-0.2, 0) is 4.79 Å². The number of ketones is 1. The van der Waals surface area contributed by atoms with Gasteiger partial charge in [-0.1, -0.05) is 0 Å². The highest BCUT2D eigenvalue weighted by atomic mass is 16.6. The molecule has 110 valence electrons. The first-order valence-electron chi connectivity index (χ1n) is 6.72. The van der Waals surface area contributed by atoms with Crippen molar-refractivity contribution in [2.45, 2.75) is 31.7 Å². The number of aromatic nitrogens is 2. The first kappa shape index (κ1) is 13.5. The average Bonchev–Trinajstić information content (AvgIpc) is 2.95. The minimum Gasteiger partial charge on any atom is -0.370 e. The SMILES string of the molecule is CN(c1ccc([N+](=O)[O-])c2nonc12)C1CCC(=O)CC1. The Morgan fingerprint density at radius 3 is 2.62 bits per heavy atom. The Morgan fingerprint density at radius 2 is 1.95 bits per heavy atom. The normalized spacial score (nSPS) is 16.3. The molecule has 1 heterocycles. The zero-order chi connectivity index (χ0) is 15.0. The van der Waals surface area contributed by atoms with E-state index < -0.39 is 4.92 Å². The van der Waals surface area contributed by atoms with Gasteiger partial charge in [0.05, 0.1) is 10.6 Å². The summed E-state index contributed by atoms with van der Waals surface area (Å²) in [6.07, 6.45) is 2.70. The van der Waals surface area contributed by atoms with E-state index in [1.54, 1.807) is 6.07 Å². The molecular weight excluding hydrogens is 276 g/mol. The highest BCUT2D eigenvalue weighted by molar-refractivity contribution is 5.94. The smallest absolute Gasteiger partial charge is 0.300 e. The number of anilines is 1. The van der Waals surface area contributed by atoms with E-state index in [0.717, 1.165) is 18.5 Å². The van der Waals surface area contributed by atoms with Crippen LogP contribution < -0.4 is 4.90 Å². The molecule has 8 heteroatoms. The van der Waals surface area contributed by atoms with Crippen molar-refractivity contribution in [3.05, 3.63) is 22.2 Å². The second kappa shape index (κ2) is 5.12. The number of benzene rings is 1. The number of hydrogen-bond donors (Lipinski definition) is 0. The van der Waals surface area contributed by atoms with Crippen molar-refractivity contribution in [1.29, 1.82) is 0 Å². The first-order valence-corrected chi connectivity index (χ1v) is 6.72. The number of hydrogen-bond acceptors (Lipinski definition) is 7. The average molecular weight is 290 g/mol. The summed E-state index contributed by atoms with van der Waals surface area (Å²) in [6, 6.07) is 3.28. The Labute approximate surface area is 119 Å². The molecule has 0 bridgehead atoms. The van der Waals surface area contributed by atoms with Gasteiger partial charge in [0, 0.05) is 32.0 Å². The van der Waals surface area contributed by atoms with Crippen LogP contribution in [0.4, 0.5) is 11.4 Å². The Bertz CT molecular complexity index is 701. The number of fused-ring (bicyclic) bond motifs is 1. The van der Waals surface area contributed by atoms with E-state index in [-0.39, 0.29) is 23.0 Å². The Kier molecular flexibility index (Phi) is 3.28. The molecular formula is C13H14N4O4. The number of non-ortho nitro benzene ring substituents is 1. The Morgan fingerprint density at radius 1 is 1.29 bits per heavy atom. The third kappa shape index (κ3) is 2.32. The number of carbonyl (C=O) groups is 1. The summed E-state index contributed by atoms with van der Waals surface area (Å²) in [4.78, 5) is 23.8. The maximum absolute atomic E-state index is 11.3. The van der Waals surface area contributed by atoms with Crippen molar-refractivity contribution in [1.82, 2.24) is 10.3 Å². The van der Waals surface area contributed by atoms with Crippen molar-refractivity contribution in [2.75, 3.05) is 11.9 Å². The van der Waals surface area contributed by atoms with Crippen LogP contribution in [0.15, 0.2) is 16.8 Å². The van der Waals surface area contributed by atoms with Crippen LogP contribution in [0.2, 0.25) is 0 Å². The fourth-order valence-corrected chi connectivity index (χ4v) is 2.78. The maximum Gasteiger partial charge on any atom is 0.300 e. The van der Waals surface area contributed by atoms with Gasteiger partial charge < -0.3 is 4.90 Å². The van der Waals surface area contributed by atoms with Crippen molar-refractivity contribution < 1.29 is 14.3 Å². The van der Waals surface area contributed by atoms with E-state index in [1.165, 1.54) is 6.07 Å². The fraction of sp³-hybridized carbons (Fsp3) is 0.462. The number of nitro benzene ring substituents is 1. The molecule has 0 atom stereocenters. The van der Waals surface area contributed by atoms with Crippen LogP contribution in [0.5, 0.6) is 0 Å². The largest absolute Gasteiger partial charge is 0.370 e. The predicted molar refractivity (Wildman–Crippen MR) is 74.1 cm³/mol. The standard InChI is InChI=1S/C13H14N4O4/c1-16(8-2-4-9(18)5-3-8)10-6-7-11(17(19)20)13-12(10)14-21-15-13/h6-8H,2-5H2,1H3. The second-order valence-electron chi connectivity index (χ2n) is 5.20. The molecule has 0 amide bonds. The topological polar surface area (TPSA) is 102 Å². The third-order valence-corrected chi connectivity index (χ3v) is 4.01. The summed E-state index contributed by atoms with van der Waals surface area (Å²) in [5.41, 5.74) is 1.14. The van der Waals surface area contributed by atoms with E-state index >= 15 is 0 Å². The van der Waals surface area contributed by atoms with Gasteiger partial charge in [-0.05, 0) is 29.2 Å². The lowest BCUT2D eigenvalue weighted by atomic mass is 9.93.